The van der Waals surface area contributed by atoms with Gasteiger partial charge in [0.25, 0.3) is 0 Å². The molecule has 2 aliphatic heterocycles. The average Bonchev–Trinajstić information content (AvgIpc) is 2.86. The number of para-hydroxylation sites is 1. The molecule has 0 fully saturated rings. The van der Waals surface area contributed by atoms with Crippen LogP contribution in [0.1, 0.15) is 29.0 Å². The predicted octanol–water partition coefficient (Wildman–Crippen LogP) is 2.23. The lowest BCUT2D eigenvalue weighted by molar-refractivity contribution is 0.102. The zero-order valence-electron chi connectivity index (χ0n) is 12.5. The van der Waals surface area contributed by atoms with Crippen LogP contribution in [0.5, 0.6) is 5.75 Å². The molecule has 4 rings (SSSR count). The first-order valence-electron chi connectivity index (χ1n) is 7.88. The average molecular weight is 300 g/mol. The van der Waals surface area contributed by atoms with E-state index in [2.05, 4.69) is 22.6 Å². The molecule has 5 heteroatoms. The third-order valence-corrected chi connectivity index (χ3v) is 4.40. The first-order chi connectivity index (χ1) is 10.9. The Morgan fingerprint density at radius 3 is 3.18 bits per heavy atom. The zero-order chi connectivity index (χ0) is 14.8. The largest absolute Gasteiger partial charge is 0.492 e. The van der Waals surface area contributed by atoms with Gasteiger partial charge in [0.05, 0.1) is 13.2 Å². The number of hydrogen-bond acceptors (Lipinski definition) is 5. The Labute approximate surface area is 129 Å². The lowest BCUT2D eigenvalue weighted by atomic mass is 10.1. The zero-order valence-corrected chi connectivity index (χ0v) is 12.5. The maximum Gasteiger partial charge on any atom is 0.144 e. The Bertz CT molecular complexity index is 626. The van der Waals surface area contributed by atoms with Gasteiger partial charge in [0.1, 0.15) is 23.8 Å². The highest BCUT2D eigenvalue weighted by molar-refractivity contribution is 5.34. The van der Waals surface area contributed by atoms with E-state index in [9.17, 15) is 0 Å². The number of fused-ring (bicyclic) bond motifs is 2. The third kappa shape index (κ3) is 2.74. The molecule has 0 aliphatic carbocycles. The Balaban J connectivity index is 1.38. The number of rotatable bonds is 3. The van der Waals surface area contributed by atoms with Crippen LogP contribution in [0.25, 0.3) is 0 Å². The molecular weight excluding hydrogens is 280 g/mol. The number of nitrogens with zero attached hydrogens (tertiary/aromatic N) is 1. The maximum absolute atomic E-state index is 5.91. The molecule has 3 heterocycles. The van der Waals surface area contributed by atoms with Crippen LogP contribution < -0.4 is 10.1 Å². The Morgan fingerprint density at radius 1 is 1.23 bits per heavy atom. The topological polar surface area (TPSA) is 56.5 Å². The summed E-state index contributed by atoms with van der Waals surface area (Å²) in [7, 11) is 0. The molecule has 1 aromatic carbocycles. The van der Waals surface area contributed by atoms with Crippen molar-refractivity contribution in [2.45, 2.75) is 38.5 Å². The minimum Gasteiger partial charge on any atom is -0.492 e. The lowest BCUT2D eigenvalue weighted by Gasteiger charge is -2.16. The summed E-state index contributed by atoms with van der Waals surface area (Å²) in [5.74, 6) is 1.99. The second-order valence-electron chi connectivity index (χ2n) is 5.87. The van der Waals surface area contributed by atoms with Crippen molar-refractivity contribution in [1.29, 1.82) is 0 Å². The van der Waals surface area contributed by atoms with E-state index in [4.69, 9.17) is 14.0 Å². The number of aryl methyl sites for hydroxylation is 1. The summed E-state index contributed by atoms with van der Waals surface area (Å²) in [6.07, 6.45) is 2.92. The second-order valence-corrected chi connectivity index (χ2v) is 5.87. The SMILES string of the molecule is c1ccc2c(c1)CCC(NCc1noc3c1COCC3)CO2. The summed E-state index contributed by atoms with van der Waals surface area (Å²) in [6, 6.07) is 8.60. The van der Waals surface area contributed by atoms with Crippen molar-refractivity contribution in [1.82, 2.24) is 10.5 Å². The first-order valence-corrected chi connectivity index (χ1v) is 7.88. The summed E-state index contributed by atoms with van der Waals surface area (Å²) in [5, 5.41) is 7.73. The second kappa shape index (κ2) is 6.10. The molecule has 1 atom stereocenters. The van der Waals surface area contributed by atoms with Crippen molar-refractivity contribution < 1.29 is 14.0 Å². The summed E-state index contributed by atoms with van der Waals surface area (Å²) >= 11 is 0. The maximum atomic E-state index is 5.91. The van der Waals surface area contributed by atoms with Crippen molar-refractivity contribution >= 4 is 0 Å². The molecule has 5 nitrogen and oxygen atoms in total. The number of hydrogen-bond donors (Lipinski definition) is 1. The van der Waals surface area contributed by atoms with Gasteiger partial charge >= 0.3 is 0 Å². The molecular formula is C17H20N2O3. The number of aromatic nitrogens is 1. The van der Waals surface area contributed by atoms with Gasteiger partial charge in [0.15, 0.2) is 0 Å². The van der Waals surface area contributed by atoms with Crippen molar-refractivity contribution in [2.24, 2.45) is 0 Å². The molecule has 0 saturated heterocycles. The minimum absolute atomic E-state index is 0.323. The van der Waals surface area contributed by atoms with Crippen molar-refractivity contribution in [3.8, 4) is 5.75 Å². The van der Waals surface area contributed by atoms with Gasteiger partial charge in [-0.1, -0.05) is 23.4 Å². The lowest BCUT2D eigenvalue weighted by Crippen LogP contribution is -2.34. The van der Waals surface area contributed by atoms with Gasteiger partial charge in [-0.05, 0) is 24.5 Å². The molecule has 0 saturated carbocycles. The Kier molecular flexibility index (Phi) is 3.83. The third-order valence-electron chi connectivity index (χ3n) is 4.40. The number of nitrogens with one attached hydrogen (secondary N) is 1. The van der Waals surface area contributed by atoms with Gasteiger partial charge in [-0.25, -0.2) is 0 Å². The van der Waals surface area contributed by atoms with E-state index >= 15 is 0 Å². The number of benzene rings is 1. The monoisotopic (exact) mass is 300 g/mol. The van der Waals surface area contributed by atoms with E-state index in [1.807, 2.05) is 12.1 Å². The van der Waals surface area contributed by atoms with Crippen LogP contribution in [0.2, 0.25) is 0 Å². The number of ether oxygens (including phenoxy) is 2. The molecule has 0 amide bonds. The molecule has 0 bridgehead atoms. The summed E-state index contributed by atoms with van der Waals surface area (Å²) in [5.41, 5.74) is 3.38. The standard InChI is InChI=1S/C17H20N2O3/c1-2-4-16-12(3-1)5-6-13(10-21-16)18-9-15-14-11-20-8-7-17(14)22-19-15/h1-4,13,18H,5-11H2. The molecule has 22 heavy (non-hydrogen) atoms. The van der Waals surface area contributed by atoms with Crippen LogP contribution in [-0.4, -0.2) is 24.4 Å². The highest BCUT2D eigenvalue weighted by Gasteiger charge is 2.21. The van der Waals surface area contributed by atoms with Gasteiger partial charge in [-0.3, -0.25) is 0 Å². The minimum atomic E-state index is 0.323. The fourth-order valence-corrected chi connectivity index (χ4v) is 3.08. The van der Waals surface area contributed by atoms with Crippen molar-refractivity contribution in [3.63, 3.8) is 0 Å². The van der Waals surface area contributed by atoms with E-state index < -0.39 is 0 Å². The fourth-order valence-electron chi connectivity index (χ4n) is 3.08. The highest BCUT2D eigenvalue weighted by Crippen LogP contribution is 2.24. The molecule has 1 N–H and O–H groups in total. The highest BCUT2D eigenvalue weighted by atomic mass is 16.5. The van der Waals surface area contributed by atoms with Crippen LogP contribution in [0, 0.1) is 0 Å². The predicted molar refractivity (Wildman–Crippen MR) is 80.7 cm³/mol. The Hall–Kier alpha value is -1.85. The van der Waals surface area contributed by atoms with Crippen molar-refractivity contribution in [2.75, 3.05) is 13.2 Å². The molecule has 2 aliphatic rings. The van der Waals surface area contributed by atoms with Crippen LogP contribution in [0.4, 0.5) is 0 Å². The summed E-state index contributed by atoms with van der Waals surface area (Å²) in [6.45, 7) is 2.73. The summed E-state index contributed by atoms with van der Waals surface area (Å²) in [4.78, 5) is 0. The molecule has 0 radical (unpaired) electrons. The van der Waals surface area contributed by atoms with Gasteiger partial charge in [-0.15, -0.1) is 0 Å². The van der Waals surface area contributed by atoms with Crippen LogP contribution in [0.3, 0.4) is 0 Å². The molecule has 1 unspecified atom stereocenters. The molecule has 0 spiro atoms. The fraction of sp³-hybridized carbons (Fsp3) is 0.471. The van der Waals surface area contributed by atoms with Crippen LogP contribution >= 0.6 is 0 Å². The van der Waals surface area contributed by atoms with E-state index in [0.29, 0.717) is 25.8 Å². The van der Waals surface area contributed by atoms with Gasteiger partial charge in [0, 0.05) is 24.6 Å². The van der Waals surface area contributed by atoms with Gasteiger partial charge in [0.2, 0.25) is 0 Å². The van der Waals surface area contributed by atoms with Gasteiger partial charge in [-0.2, -0.15) is 0 Å². The van der Waals surface area contributed by atoms with Crippen LogP contribution in [-0.2, 0) is 30.7 Å². The Morgan fingerprint density at radius 2 is 2.18 bits per heavy atom. The van der Waals surface area contributed by atoms with Gasteiger partial charge < -0.3 is 19.3 Å². The molecule has 1 aromatic heterocycles. The first kappa shape index (κ1) is 13.8. The van der Waals surface area contributed by atoms with E-state index in [1.165, 1.54) is 5.56 Å². The quantitative estimate of drug-likeness (QED) is 0.942. The van der Waals surface area contributed by atoms with Crippen LogP contribution in [0.15, 0.2) is 28.8 Å². The molecule has 2 aromatic rings. The smallest absolute Gasteiger partial charge is 0.144 e. The normalized spacial score (nSPS) is 20.6. The molecule has 116 valence electrons. The summed E-state index contributed by atoms with van der Waals surface area (Å²) < 4.78 is 16.8. The van der Waals surface area contributed by atoms with E-state index in [-0.39, 0.29) is 0 Å². The van der Waals surface area contributed by atoms with Crippen molar-refractivity contribution in [3.05, 3.63) is 46.8 Å². The van der Waals surface area contributed by atoms with E-state index in [1.54, 1.807) is 0 Å². The van der Waals surface area contributed by atoms with E-state index in [0.717, 1.165) is 48.6 Å².